The van der Waals surface area contributed by atoms with Gasteiger partial charge in [0.15, 0.2) is 0 Å². The number of non-ortho nitro benzene ring substituents is 1. The third kappa shape index (κ3) is 6.14. The summed E-state index contributed by atoms with van der Waals surface area (Å²) in [6.45, 7) is 0.194. The molecule has 150 valence electrons. The minimum atomic E-state index is -0.757. The maximum absolute atomic E-state index is 12.1. The van der Waals surface area contributed by atoms with Gasteiger partial charge in [0.2, 0.25) is 0 Å². The van der Waals surface area contributed by atoms with Crippen molar-refractivity contribution < 1.29 is 14.5 Å². The van der Waals surface area contributed by atoms with Crippen LogP contribution in [0.1, 0.15) is 11.1 Å². The highest BCUT2D eigenvalue weighted by molar-refractivity contribution is 5.85. The molecule has 0 unspecified atom stereocenters. The van der Waals surface area contributed by atoms with Crippen molar-refractivity contribution in [1.82, 2.24) is 0 Å². The van der Waals surface area contributed by atoms with Gasteiger partial charge in [-0.25, -0.2) is 0 Å². The van der Waals surface area contributed by atoms with Crippen molar-refractivity contribution in [1.29, 1.82) is 0 Å². The lowest BCUT2D eigenvalue weighted by Gasteiger charge is -2.12. The van der Waals surface area contributed by atoms with Crippen molar-refractivity contribution in [3.8, 4) is 11.1 Å². The third-order valence-corrected chi connectivity index (χ3v) is 4.33. The fourth-order valence-electron chi connectivity index (χ4n) is 2.81. The zero-order valence-electron chi connectivity index (χ0n) is 15.6. The smallest absolute Gasteiger partial charge is 0.323 e. The summed E-state index contributed by atoms with van der Waals surface area (Å²) in [4.78, 5) is 22.6. The quantitative estimate of drug-likeness (QED) is 0.354. The molecule has 0 amide bonds. The molecule has 0 aliphatic carbocycles. The molecule has 6 nitrogen and oxygen atoms in total. The molecule has 0 saturated carbocycles. The van der Waals surface area contributed by atoms with Crippen LogP contribution in [0, 0.1) is 10.1 Å². The number of nitrogens with two attached hydrogens (primary N) is 1. The Balaban J connectivity index is 0.00000300. The van der Waals surface area contributed by atoms with Gasteiger partial charge in [0, 0.05) is 12.1 Å². The number of hydrogen-bond acceptors (Lipinski definition) is 5. The number of hydrogen-bond donors (Lipinski definition) is 1. The van der Waals surface area contributed by atoms with Crippen LogP contribution in [0.2, 0.25) is 0 Å². The van der Waals surface area contributed by atoms with Crippen molar-refractivity contribution in [2.45, 2.75) is 19.1 Å². The van der Waals surface area contributed by atoms with Gasteiger partial charge in [-0.2, -0.15) is 0 Å². The predicted octanol–water partition coefficient (Wildman–Crippen LogP) is 4.30. The van der Waals surface area contributed by atoms with Gasteiger partial charge in [-0.05, 0) is 28.7 Å². The highest BCUT2D eigenvalue weighted by Crippen LogP contribution is 2.24. The lowest BCUT2D eigenvalue weighted by atomic mass is 10.0. The lowest BCUT2D eigenvalue weighted by Crippen LogP contribution is -2.34. The second-order valence-corrected chi connectivity index (χ2v) is 6.41. The summed E-state index contributed by atoms with van der Waals surface area (Å²) >= 11 is 0. The molecule has 0 heterocycles. The van der Waals surface area contributed by atoms with Crippen LogP contribution in [0.15, 0.2) is 78.9 Å². The monoisotopic (exact) mass is 412 g/mol. The number of nitrogens with zero attached hydrogens (tertiary/aromatic N) is 1. The standard InChI is InChI=1S/C22H20N2O4.ClH/c23-21(22(25)28-15-17-5-2-1-3-6-17)13-16-9-11-18(12-10-16)19-7-4-8-20(14-19)24(26)27;/h1-12,14,21H,13,15,23H2;1H/t21-;/m0./s1. The second-order valence-electron chi connectivity index (χ2n) is 6.41. The van der Waals surface area contributed by atoms with Crippen LogP contribution in [-0.2, 0) is 22.6 Å². The van der Waals surface area contributed by atoms with Crippen LogP contribution in [0.3, 0.4) is 0 Å². The Kier molecular flexibility index (Phi) is 7.88. The number of nitro benzene ring substituents is 1. The number of ether oxygens (including phenoxy) is 1. The minimum absolute atomic E-state index is 0. The first-order valence-electron chi connectivity index (χ1n) is 8.83. The highest BCUT2D eigenvalue weighted by atomic mass is 35.5. The van der Waals surface area contributed by atoms with E-state index >= 15 is 0 Å². The van der Waals surface area contributed by atoms with Gasteiger partial charge >= 0.3 is 5.97 Å². The molecule has 0 bridgehead atoms. The number of nitro groups is 1. The number of carbonyl (C=O) groups excluding carboxylic acids is 1. The predicted molar refractivity (Wildman–Crippen MR) is 114 cm³/mol. The fourth-order valence-corrected chi connectivity index (χ4v) is 2.81. The van der Waals surface area contributed by atoms with E-state index in [0.29, 0.717) is 6.42 Å². The van der Waals surface area contributed by atoms with E-state index in [-0.39, 0.29) is 24.7 Å². The Morgan fingerprint density at radius 3 is 2.28 bits per heavy atom. The average molecular weight is 413 g/mol. The van der Waals surface area contributed by atoms with Crippen molar-refractivity contribution in [2.24, 2.45) is 5.73 Å². The molecular weight excluding hydrogens is 392 g/mol. The molecular formula is C22H21ClN2O4. The first kappa shape index (κ1) is 22.1. The van der Waals surface area contributed by atoms with Crippen molar-refractivity contribution >= 4 is 24.1 Å². The van der Waals surface area contributed by atoms with E-state index < -0.39 is 16.9 Å². The molecule has 0 saturated heterocycles. The van der Waals surface area contributed by atoms with Gasteiger partial charge < -0.3 is 10.5 Å². The molecule has 0 spiro atoms. The summed E-state index contributed by atoms with van der Waals surface area (Å²) in [7, 11) is 0. The zero-order chi connectivity index (χ0) is 19.9. The number of rotatable bonds is 7. The Labute approximate surface area is 174 Å². The Hall–Kier alpha value is -3.22. The number of esters is 1. The molecule has 3 aromatic carbocycles. The van der Waals surface area contributed by atoms with E-state index in [1.54, 1.807) is 6.07 Å². The molecule has 0 aromatic heterocycles. The normalized spacial score (nSPS) is 11.2. The van der Waals surface area contributed by atoms with Gasteiger partial charge in [0.05, 0.1) is 4.92 Å². The van der Waals surface area contributed by atoms with Crippen LogP contribution < -0.4 is 5.73 Å². The molecule has 0 aliphatic rings. The van der Waals surface area contributed by atoms with E-state index in [0.717, 1.165) is 22.3 Å². The topological polar surface area (TPSA) is 95.5 Å². The van der Waals surface area contributed by atoms with Gasteiger partial charge in [-0.1, -0.05) is 66.7 Å². The molecule has 3 aromatic rings. The van der Waals surface area contributed by atoms with E-state index in [1.165, 1.54) is 12.1 Å². The lowest BCUT2D eigenvalue weighted by molar-refractivity contribution is -0.384. The molecule has 3 rings (SSSR count). The van der Waals surface area contributed by atoms with Crippen LogP contribution >= 0.6 is 12.4 Å². The maximum Gasteiger partial charge on any atom is 0.323 e. The van der Waals surface area contributed by atoms with E-state index in [9.17, 15) is 14.9 Å². The van der Waals surface area contributed by atoms with Crippen molar-refractivity contribution in [2.75, 3.05) is 0 Å². The molecule has 29 heavy (non-hydrogen) atoms. The van der Waals surface area contributed by atoms with Gasteiger partial charge in [0.1, 0.15) is 12.6 Å². The molecule has 0 aliphatic heterocycles. The third-order valence-electron chi connectivity index (χ3n) is 4.33. The Morgan fingerprint density at radius 1 is 0.931 bits per heavy atom. The van der Waals surface area contributed by atoms with Crippen LogP contribution in [0.5, 0.6) is 0 Å². The van der Waals surface area contributed by atoms with E-state index in [4.69, 9.17) is 10.5 Å². The van der Waals surface area contributed by atoms with Gasteiger partial charge in [-0.15, -0.1) is 12.4 Å². The van der Waals surface area contributed by atoms with E-state index in [1.807, 2.05) is 60.7 Å². The first-order valence-corrected chi connectivity index (χ1v) is 8.83. The van der Waals surface area contributed by atoms with Crippen LogP contribution in [0.25, 0.3) is 11.1 Å². The number of benzene rings is 3. The first-order chi connectivity index (χ1) is 13.5. The number of halogens is 1. The summed E-state index contributed by atoms with van der Waals surface area (Å²) in [5, 5.41) is 10.9. The molecule has 2 N–H and O–H groups in total. The van der Waals surface area contributed by atoms with Crippen LogP contribution in [0.4, 0.5) is 5.69 Å². The fraction of sp³-hybridized carbons (Fsp3) is 0.136. The second kappa shape index (κ2) is 10.4. The SMILES string of the molecule is Cl.N[C@@H](Cc1ccc(-c2cccc([N+](=O)[O-])c2)cc1)C(=O)OCc1ccccc1. The van der Waals surface area contributed by atoms with Crippen LogP contribution in [-0.4, -0.2) is 16.9 Å². The summed E-state index contributed by atoms with van der Waals surface area (Å²) in [6.07, 6.45) is 0.350. The highest BCUT2D eigenvalue weighted by Gasteiger charge is 2.16. The summed E-state index contributed by atoms with van der Waals surface area (Å²) in [5.41, 5.74) is 9.42. The van der Waals surface area contributed by atoms with Crippen molar-refractivity contribution in [3.05, 3.63) is 100 Å². The summed E-state index contributed by atoms with van der Waals surface area (Å²) in [5.74, 6) is -0.452. The summed E-state index contributed by atoms with van der Waals surface area (Å²) in [6, 6.07) is 22.5. The van der Waals surface area contributed by atoms with Gasteiger partial charge in [-0.3, -0.25) is 14.9 Å². The molecule has 1 atom stereocenters. The largest absolute Gasteiger partial charge is 0.460 e. The number of carbonyl (C=O) groups is 1. The van der Waals surface area contributed by atoms with Gasteiger partial charge in [0.25, 0.3) is 5.69 Å². The molecule has 0 radical (unpaired) electrons. The molecule has 7 heteroatoms. The average Bonchev–Trinajstić information content (AvgIpc) is 2.73. The Bertz CT molecular complexity index is 962. The maximum atomic E-state index is 12.1. The summed E-state index contributed by atoms with van der Waals surface area (Å²) < 4.78 is 5.26. The Morgan fingerprint density at radius 2 is 1.62 bits per heavy atom. The molecule has 0 fully saturated rings. The minimum Gasteiger partial charge on any atom is -0.460 e. The zero-order valence-corrected chi connectivity index (χ0v) is 16.4. The van der Waals surface area contributed by atoms with Crippen molar-refractivity contribution in [3.63, 3.8) is 0 Å². The van der Waals surface area contributed by atoms with E-state index in [2.05, 4.69) is 0 Å².